The van der Waals surface area contributed by atoms with E-state index >= 15 is 0 Å². The minimum atomic E-state index is 0.211. The van der Waals surface area contributed by atoms with E-state index in [0.29, 0.717) is 5.95 Å². The summed E-state index contributed by atoms with van der Waals surface area (Å²) in [6.07, 6.45) is 1.90. The normalized spacial score (nSPS) is 12.8. The third-order valence-corrected chi connectivity index (χ3v) is 4.11. The van der Waals surface area contributed by atoms with Crippen molar-refractivity contribution in [2.75, 3.05) is 5.32 Å². The van der Waals surface area contributed by atoms with Crippen LogP contribution in [0.1, 0.15) is 28.3 Å². The fraction of sp³-hybridized carbons (Fsp3) is 0.286. The van der Waals surface area contributed by atoms with Crippen molar-refractivity contribution in [2.24, 2.45) is 0 Å². The van der Waals surface area contributed by atoms with Crippen LogP contribution in [-0.2, 0) is 0 Å². The second-order valence-electron chi connectivity index (χ2n) is 4.67. The molecule has 98 valence electrons. The number of anilines is 1. The van der Waals surface area contributed by atoms with Crippen molar-refractivity contribution >= 4 is 22.9 Å². The minimum absolute atomic E-state index is 0.211. The molecule has 3 aromatic rings. The van der Waals surface area contributed by atoms with Gasteiger partial charge in [0.1, 0.15) is 0 Å². The van der Waals surface area contributed by atoms with Gasteiger partial charge in [-0.2, -0.15) is 4.98 Å². The van der Waals surface area contributed by atoms with Crippen molar-refractivity contribution in [3.05, 3.63) is 45.8 Å². The topological polar surface area (TPSA) is 42.2 Å². The molecule has 3 rings (SSSR count). The Bertz CT molecular complexity index is 680. The number of nitrogens with zero attached hydrogens (tertiary/aromatic N) is 3. The smallest absolute Gasteiger partial charge is 0.243 e. The number of thiophene rings is 1. The lowest BCUT2D eigenvalue weighted by atomic mass is 10.1. The van der Waals surface area contributed by atoms with E-state index in [1.165, 1.54) is 15.3 Å². The van der Waals surface area contributed by atoms with Gasteiger partial charge in [0.05, 0.1) is 6.04 Å². The van der Waals surface area contributed by atoms with Crippen LogP contribution in [0.3, 0.4) is 0 Å². The van der Waals surface area contributed by atoms with Crippen molar-refractivity contribution in [3.63, 3.8) is 0 Å². The Morgan fingerprint density at radius 1 is 1.32 bits per heavy atom. The molecule has 0 aliphatic carbocycles. The molecule has 0 fully saturated rings. The molecule has 0 aromatic carbocycles. The first-order valence-corrected chi connectivity index (χ1v) is 7.10. The van der Waals surface area contributed by atoms with Gasteiger partial charge in [-0.25, -0.2) is 4.52 Å². The van der Waals surface area contributed by atoms with Crippen LogP contribution in [-0.4, -0.2) is 14.6 Å². The summed E-state index contributed by atoms with van der Waals surface area (Å²) in [4.78, 5) is 7.14. The highest BCUT2D eigenvalue weighted by Crippen LogP contribution is 2.27. The van der Waals surface area contributed by atoms with Gasteiger partial charge in [0, 0.05) is 16.0 Å². The van der Waals surface area contributed by atoms with E-state index in [-0.39, 0.29) is 6.04 Å². The van der Waals surface area contributed by atoms with Crippen LogP contribution in [0.2, 0.25) is 0 Å². The summed E-state index contributed by atoms with van der Waals surface area (Å²) in [5, 5.41) is 7.78. The van der Waals surface area contributed by atoms with E-state index in [4.69, 9.17) is 0 Å². The Balaban J connectivity index is 1.86. The molecule has 0 saturated heterocycles. The van der Waals surface area contributed by atoms with Crippen LogP contribution >= 0.6 is 11.3 Å². The van der Waals surface area contributed by atoms with Crippen molar-refractivity contribution in [1.29, 1.82) is 0 Å². The van der Waals surface area contributed by atoms with Gasteiger partial charge in [-0.3, -0.25) is 0 Å². The average molecular weight is 272 g/mol. The van der Waals surface area contributed by atoms with Crippen molar-refractivity contribution in [2.45, 2.75) is 26.8 Å². The van der Waals surface area contributed by atoms with Crippen LogP contribution in [0.4, 0.5) is 5.95 Å². The van der Waals surface area contributed by atoms with Crippen LogP contribution in [0, 0.1) is 13.8 Å². The molecule has 19 heavy (non-hydrogen) atoms. The Labute approximate surface area is 116 Å². The molecule has 0 bridgehead atoms. The summed E-state index contributed by atoms with van der Waals surface area (Å²) in [5.74, 6) is 0.668. The highest BCUT2D eigenvalue weighted by atomic mass is 32.1. The number of aryl methyl sites for hydroxylation is 2. The Hall–Kier alpha value is -1.88. The number of aromatic nitrogens is 3. The van der Waals surface area contributed by atoms with Crippen LogP contribution in [0.5, 0.6) is 0 Å². The first-order valence-electron chi connectivity index (χ1n) is 6.28. The maximum atomic E-state index is 4.46. The maximum Gasteiger partial charge on any atom is 0.243 e. The molecule has 3 aromatic heterocycles. The lowest BCUT2D eigenvalue weighted by Crippen LogP contribution is -2.08. The zero-order chi connectivity index (χ0) is 13.4. The molecule has 0 aliphatic rings. The predicted molar refractivity (Wildman–Crippen MR) is 78.8 cm³/mol. The highest BCUT2D eigenvalue weighted by molar-refractivity contribution is 7.12. The van der Waals surface area contributed by atoms with Gasteiger partial charge in [-0.15, -0.1) is 16.4 Å². The lowest BCUT2D eigenvalue weighted by molar-refractivity contribution is 0.850. The van der Waals surface area contributed by atoms with Gasteiger partial charge in [0.15, 0.2) is 5.65 Å². The summed E-state index contributed by atoms with van der Waals surface area (Å²) in [5.41, 5.74) is 2.18. The van der Waals surface area contributed by atoms with Gasteiger partial charge in [0.2, 0.25) is 5.95 Å². The molecular weight excluding hydrogens is 256 g/mol. The van der Waals surface area contributed by atoms with Gasteiger partial charge in [-0.05, 0) is 44.5 Å². The minimum Gasteiger partial charge on any atom is -0.346 e. The predicted octanol–water partition coefficient (Wildman–Crippen LogP) is 3.58. The number of pyridine rings is 1. The first-order chi connectivity index (χ1) is 9.13. The molecule has 3 heterocycles. The fourth-order valence-corrected chi connectivity index (χ4v) is 3.27. The summed E-state index contributed by atoms with van der Waals surface area (Å²) in [7, 11) is 0. The molecule has 0 radical (unpaired) electrons. The first kappa shape index (κ1) is 12.2. The van der Waals surface area contributed by atoms with Crippen LogP contribution in [0.25, 0.3) is 5.65 Å². The molecule has 0 aliphatic heterocycles. The zero-order valence-electron chi connectivity index (χ0n) is 11.2. The standard InChI is InChI=1S/C14H16N4S/c1-9-8-12(11(3)19-9)10(2)15-14-16-13-6-4-5-7-18(13)17-14/h4-8,10H,1-3H3,(H,15,17). The quantitative estimate of drug-likeness (QED) is 0.792. The number of hydrogen-bond donors (Lipinski definition) is 1. The SMILES string of the molecule is Cc1cc(C(C)Nc2nc3ccccn3n2)c(C)s1. The Kier molecular flexibility index (Phi) is 2.98. The highest BCUT2D eigenvalue weighted by Gasteiger charge is 2.13. The largest absolute Gasteiger partial charge is 0.346 e. The second kappa shape index (κ2) is 4.66. The van der Waals surface area contributed by atoms with Gasteiger partial charge >= 0.3 is 0 Å². The Morgan fingerprint density at radius 2 is 2.16 bits per heavy atom. The molecule has 1 N–H and O–H groups in total. The zero-order valence-corrected chi connectivity index (χ0v) is 12.0. The molecule has 4 nitrogen and oxygen atoms in total. The molecule has 1 unspecified atom stereocenters. The fourth-order valence-electron chi connectivity index (χ4n) is 2.24. The molecule has 1 atom stereocenters. The van der Waals surface area contributed by atoms with Gasteiger partial charge in [0.25, 0.3) is 0 Å². The Morgan fingerprint density at radius 3 is 2.84 bits per heavy atom. The summed E-state index contributed by atoms with van der Waals surface area (Å²) >= 11 is 1.83. The maximum absolute atomic E-state index is 4.46. The van der Waals surface area contributed by atoms with Crippen molar-refractivity contribution in [3.8, 4) is 0 Å². The number of hydrogen-bond acceptors (Lipinski definition) is 4. The number of nitrogens with one attached hydrogen (secondary N) is 1. The molecule has 0 spiro atoms. The van der Waals surface area contributed by atoms with E-state index in [0.717, 1.165) is 5.65 Å². The van der Waals surface area contributed by atoms with Gasteiger partial charge < -0.3 is 5.32 Å². The third kappa shape index (κ3) is 2.33. The molecule has 0 saturated carbocycles. The summed E-state index contributed by atoms with van der Waals surface area (Å²) in [6, 6.07) is 8.30. The lowest BCUT2D eigenvalue weighted by Gasteiger charge is -2.11. The van der Waals surface area contributed by atoms with Crippen molar-refractivity contribution in [1.82, 2.24) is 14.6 Å². The second-order valence-corrected chi connectivity index (χ2v) is 6.13. The van der Waals surface area contributed by atoms with Gasteiger partial charge in [-0.1, -0.05) is 6.07 Å². The summed E-state index contributed by atoms with van der Waals surface area (Å²) in [6.45, 7) is 6.43. The molecular formula is C14H16N4S. The number of rotatable bonds is 3. The van der Waals surface area contributed by atoms with E-state index in [9.17, 15) is 0 Å². The third-order valence-electron chi connectivity index (χ3n) is 3.13. The van der Waals surface area contributed by atoms with Crippen molar-refractivity contribution < 1.29 is 0 Å². The summed E-state index contributed by atoms with van der Waals surface area (Å²) < 4.78 is 1.78. The van der Waals surface area contributed by atoms with E-state index in [2.05, 4.69) is 42.2 Å². The van der Waals surface area contributed by atoms with E-state index in [1.807, 2.05) is 35.7 Å². The molecule has 0 amide bonds. The number of fused-ring (bicyclic) bond motifs is 1. The van der Waals surface area contributed by atoms with Crippen LogP contribution < -0.4 is 5.32 Å². The molecule has 5 heteroatoms. The van der Waals surface area contributed by atoms with Crippen LogP contribution in [0.15, 0.2) is 30.5 Å². The monoisotopic (exact) mass is 272 g/mol. The van der Waals surface area contributed by atoms with E-state index < -0.39 is 0 Å². The average Bonchev–Trinajstić information content (AvgIpc) is 2.91. The van der Waals surface area contributed by atoms with E-state index in [1.54, 1.807) is 4.52 Å².